The minimum atomic E-state index is -3.91. The van der Waals surface area contributed by atoms with Gasteiger partial charge in [-0.25, -0.2) is 13.1 Å². The van der Waals surface area contributed by atoms with Gasteiger partial charge in [0.15, 0.2) is 0 Å². The predicted molar refractivity (Wildman–Crippen MR) is 134 cm³/mol. The molecule has 1 heterocycles. The lowest BCUT2D eigenvalue weighted by molar-refractivity contribution is 0.102. The molecule has 0 aliphatic rings. The summed E-state index contributed by atoms with van der Waals surface area (Å²) >= 11 is 6.29. The molecule has 0 saturated carbocycles. The summed E-state index contributed by atoms with van der Waals surface area (Å²) < 4.78 is 29.3. The zero-order valence-corrected chi connectivity index (χ0v) is 20.4. The molecule has 0 saturated heterocycles. The molecule has 0 aliphatic carbocycles. The molecule has 0 spiro atoms. The molecule has 0 aliphatic heterocycles. The Labute approximate surface area is 203 Å². The number of carbonyl (C=O) groups excluding carboxylic acids is 1. The highest BCUT2D eigenvalue weighted by Crippen LogP contribution is 2.28. The number of aromatic nitrogens is 2. The van der Waals surface area contributed by atoms with E-state index in [9.17, 15) is 13.2 Å². The van der Waals surface area contributed by atoms with Crippen LogP contribution in [0.3, 0.4) is 0 Å². The van der Waals surface area contributed by atoms with E-state index < -0.39 is 15.9 Å². The van der Waals surface area contributed by atoms with Gasteiger partial charge in [0.1, 0.15) is 0 Å². The van der Waals surface area contributed by atoms with Crippen molar-refractivity contribution < 1.29 is 13.2 Å². The van der Waals surface area contributed by atoms with Gasteiger partial charge in [0.05, 0.1) is 43.9 Å². The summed E-state index contributed by atoms with van der Waals surface area (Å²) in [6.45, 7) is 3.64. The van der Waals surface area contributed by atoms with E-state index in [0.717, 1.165) is 15.7 Å². The van der Waals surface area contributed by atoms with Crippen LogP contribution in [0.5, 0.6) is 0 Å². The second-order valence-electron chi connectivity index (χ2n) is 7.70. The van der Waals surface area contributed by atoms with Crippen LogP contribution >= 0.6 is 11.6 Å². The summed E-state index contributed by atoms with van der Waals surface area (Å²) in [6.07, 6.45) is 0. The first-order valence-electron chi connectivity index (χ1n) is 10.5. The molecule has 1 aromatic heterocycles. The maximum atomic E-state index is 13.2. The first kappa shape index (κ1) is 23.5. The van der Waals surface area contributed by atoms with Crippen molar-refractivity contribution in [1.82, 2.24) is 9.78 Å². The normalized spacial score (nSPS) is 11.3. The van der Waals surface area contributed by atoms with Gasteiger partial charge in [0.25, 0.3) is 15.9 Å². The van der Waals surface area contributed by atoms with Crippen LogP contribution in [0, 0.1) is 13.8 Å². The van der Waals surface area contributed by atoms with Crippen LogP contribution in [0.25, 0.3) is 5.69 Å². The monoisotopic (exact) mass is 494 g/mol. The van der Waals surface area contributed by atoms with Crippen LogP contribution in [-0.4, -0.2) is 31.2 Å². The molecule has 0 atom stereocenters. The number of amides is 1. The van der Waals surface area contributed by atoms with Crippen molar-refractivity contribution in [3.05, 3.63) is 101 Å². The van der Waals surface area contributed by atoms with Crippen LogP contribution in [0.15, 0.2) is 83.8 Å². The minimum absolute atomic E-state index is 0.0400. The Morgan fingerprint density at radius 1 is 0.971 bits per heavy atom. The average Bonchev–Trinajstić information content (AvgIpc) is 3.13. The molecule has 0 radical (unpaired) electrons. The van der Waals surface area contributed by atoms with Crippen LogP contribution < -0.4 is 9.62 Å². The molecule has 4 rings (SSSR count). The number of nitrogens with zero attached hydrogens (tertiary/aromatic N) is 3. The molecule has 0 unspecified atom stereocenters. The SMILES string of the molecule is Cc1nn(-c2ccccc2)c(C)c1NC(=O)c1cc(S(=O)(=O)N(C)c2ccccc2)ccc1Cl. The van der Waals surface area contributed by atoms with Crippen molar-refractivity contribution >= 4 is 38.9 Å². The van der Waals surface area contributed by atoms with E-state index in [1.165, 1.54) is 25.2 Å². The van der Waals surface area contributed by atoms with Gasteiger partial charge in [-0.3, -0.25) is 9.10 Å². The smallest absolute Gasteiger partial charge is 0.264 e. The highest BCUT2D eigenvalue weighted by Gasteiger charge is 2.24. The van der Waals surface area contributed by atoms with E-state index in [4.69, 9.17) is 11.6 Å². The maximum Gasteiger partial charge on any atom is 0.264 e. The molecule has 4 aromatic rings. The number of hydrogen-bond donors (Lipinski definition) is 1. The number of nitrogens with one attached hydrogen (secondary N) is 1. The van der Waals surface area contributed by atoms with E-state index in [0.29, 0.717) is 17.1 Å². The fourth-order valence-corrected chi connectivity index (χ4v) is 5.02. The van der Waals surface area contributed by atoms with Crippen molar-refractivity contribution in [2.45, 2.75) is 18.7 Å². The molecular weight excluding hydrogens is 472 g/mol. The lowest BCUT2D eigenvalue weighted by Crippen LogP contribution is -2.27. The molecule has 0 bridgehead atoms. The molecule has 3 aromatic carbocycles. The number of halogens is 1. The molecule has 34 heavy (non-hydrogen) atoms. The van der Waals surface area contributed by atoms with E-state index >= 15 is 0 Å². The quantitative estimate of drug-likeness (QED) is 0.398. The molecule has 1 amide bonds. The van der Waals surface area contributed by atoms with Gasteiger partial charge < -0.3 is 5.32 Å². The summed E-state index contributed by atoms with van der Waals surface area (Å²) in [5.41, 5.74) is 3.32. The topological polar surface area (TPSA) is 84.3 Å². The zero-order chi connectivity index (χ0) is 24.5. The van der Waals surface area contributed by atoms with E-state index in [1.54, 1.807) is 41.9 Å². The van der Waals surface area contributed by atoms with Crippen LogP contribution in [0.2, 0.25) is 5.02 Å². The standard InChI is InChI=1S/C25H23ClN4O3S/c1-17-24(18(2)30(28-17)20-12-8-5-9-13-20)27-25(31)22-16-21(14-15-23(22)26)34(32,33)29(3)19-10-6-4-7-11-19/h4-16H,1-3H3,(H,27,31). The van der Waals surface area contributed by atoms with Crippen LogP contribution in [0.1, 0.15) is 21.7 Å². The minimum Gasteiger partial charge on any atom is -0.319 e. The van der Waals surface area contributed by atoms with Crippen LogP contribution in [-0.2, 0) is 10.0 Å². The Morgan fingerprint density at radius 3 is 2.24 bits per heavy atom. The van der Waals surface area contributed by atoms with Gasteiger partial charge in [-0.05, 0) is 56.3 Å². The van der Waals surface area contributed by atoms with Gasteiger partial charge in [0.2, 0.25) is 0 Å². The lowest BCUT2D eigenvalue weighted by Gasteiger charge is -2.20. The van der Waals surface area contributed by atoms with E-state index in [2.05, 4.69) is 10.4 Å². The summed E-state index contributed by atoms with van der Waals surface area (Å²) in [5, 5.41) is 7.52. The van der Waals surface area contributed by atoms with Crippen molar-refractivity contribution in [3.8, 4) is 5.69 Å². The lowest BCUT2D eigenvalue weighted by atomic mass is 10.2. The van der Waals surface area contributed by atoms with Crippen molar-refractivity contribution in [2.24, 2.45) is 0 Å². The second-order valence-corrected chi connectivity index (χ2v) is 10.1. The molecular formula is C25H23ClN4O3S. The number of carbonyl (C=O) groups is 1. The summed E-state index contributed by atoms with van der Waals surface area (Å²) in [4.78, 5) is 13.1. The zero-order valence-electron chi connectivity index (χ0n) is 18.9. The number of anilines is 2. The van der Waals surface area contributed by atoms with E-state index in [1.807, 2.05) is 37.3 Å². The van der Waals surface area contributed by atoms with Gasteiger partial charge in [-0.1, -0.05) is 48.0 Å². The Bertz CT molecular complexity index is 1450. The fourth-order valence-electron chi connectivity index (χ4n) is 3.60. The van der Waals surface area contributed by atoms with Crippen LogP contribution in [0.4, 0.5) is 11.4 Å². The summed E-state index contributed by atoms with van der Waals surface area (Å²) in [7, 11) is -2.45. The predicted octanol–water partition coefficient (Wildman–Crippen LogP) is 5.22. The molecule has 7 nitrogen and oxygen atoms in total. The van der Waals surface area contributed by atoms with Gasteiger partial charge >= 0.3 is 0 Å². The Kier molecular flexibility index (Phi) is 6.45. The number of aryl methyl sites for hydroxylation is 1. The molecule has 0 fully saturated rings. The van der Waals surface area contributed by atoms with E-state index in [-0.39, 0.29) is 15.5 Å². The van der Waals surface area contributed by atoms with Gasteiger partial charge in [0, 0.05) is 7.05 Å². The average molecular weight is 495 g/mol. The fraction of sp³-hybridized carbons (Fsp3) is 0.120. The highest BCUT2D eigenvalue weighted by atomic mass is 35.5. The molecule has 1 N–H and O–H groups in total. The first-order valence-corrected chi connectivity index (χ1v) is 12.3. The van der Waals surface area contributed by atoms with Crippen molar-refractivity contribution in [2.75, 3.05) is 16.7 Å². The third-order valence-corrected chi connectivity index (χ3v) is 7.60. The van der Waals surface area contributed by atoms with Gasteiger partial charge in [-0.2, -0.15) is 5.10 Å². The first-order chi connectivity index (χ1) is 16.2. The molecule has 174 valence electrons. The van der Waals surface area contributed by atoms with Crippen molar-refractivity contribution in [3.63, 3.8) is 0 Å². The third-order valence-electron chi connectivity index (χ3n) is 5.49. The summed E-state index contributed by atoms with van der Waals surface area (Å²) in [5.74, 6) is -0.525. The highest BCUT2D eigenvalue weighted by molar-refractivity contribution is 7.92. The Hall–Kier alpha value is -3.62. The third kappa shape index (κ3) is 4.42. The number of rotatable bonds is 6. The maximum absolute atomic E-state index is 13.2. The second kappa shape index (κ2) is 9.32. The van der Waals surface area contributed by atoms with Crippen molar-refractivity contribution in [1.29, 1.82) is 0 Å². The Morgan fingerprint density at radius 2 is 1.59 bits per heavy atom. The largest absolute Gasteiger partial charge is 0.319 e. The Balaban J connectivity index is 1.66. The number of hydrogen-bond acceptors (Lipinski definition) is 4. The number of para-hydroxylation sites is 2. The summed E-state index contributed by atoms with van der Waals surface area (Å²) in [6, 6.07) is 22.3. The number of benzene rings is 3. The van der Waals surface area contributed by atoms with Gasteiger partial charge in [-0.15, -0.1) is 0 Å². The number of sulfonamides is 1. The molecule has 9 heteroatoms.